The van der Waals surface area contributed by atoms with Gasteiger partial charge in [0.1, 0.15) is 11.5 Å². The van der Waals surface area contributed by atoms with Crippen LogP contribution in [0.3, 0.4) is 0 Å². The van der Waals surface area contributed by atoms with Crippen LogP contribution < -0.4 is 5.43 Å². The Morgan fingerprint density at radius 2 is 1.74 bits per heavy atom. The van der Waals surface area contributed by atoms with Gasteiger partial charge in [0.2, 0.25) is 0 Å². The van der Waals surface area contributed by atoms with Gasteiger partial charge in [0.25, 0.3) is 5.69 Å². The van der Waals surface area contributed by atoms with Crippen molar-refractivity contribution in [2.75, 3.05) is 5.43 Å². The molecule has 1 N–H and O–H groups in total. The van der Waals surface area contributed by atoms with E-state index in [-0.39, 0.29) is 5.69 Å². The Balaban J connectivity index is 1.70. The van der Waals surface area contributed by atoms with Crippen molar-refractivity contribution < 1.29 is 22.5 Å². The summed E-state index contributed by atoms with van der Waals surface area (Å²) < 4.78 is 43.0. The molecule has 0 amide bonds. The zero-order valence-corrected chi connectivity index (χ0v) is 13.6. The van der Waals surface area contributed by atoms with Gasteiger partial charge >= 0.3 is 6.18 Å². The molecule has 0 radical (unpaired) electrons. The van der Waals surface area contributed by atoms with E-state index in [1.54, 1.807) is 30.3 Å². The van der Waals surface area contributed by atoms with Gasteiger partial charge in [0, 0.05) is 6.07 Å². The standard InChI is InChI=1S/C18H12F3N3O3/c19-18(20,21)12-5-7-13(8-6-12)23-22-11-14-9-10-17(27-14)15-3-1-2-4-16(15)24(25)26/h1-11,23H/b22-11-. The van der Waals surface area contributed by atoms with Crippen LogP contribution in [0.25, 0.3) is 11.3 Å². The fourth-order valence-corrected chi connectivity index (χ4v) is 2.31. The van der Waals surface area contributed by atoms with Gasteiger partial charge < -0.3 is 4.42 Å². The lowest BCUT2D eigenvalue weighted by molar-refractivity contribution is -0.384. The summed E-state index contributed by atoms with van der Waals surface area (Å²) in [5.74, 6) is 0.626. The van der Waals surface area contributed by atoms with Crippen molar-refractivity contribution in [1.29, 1.82) is 0 Å². The number of nitro benzene ring substituents is 1. The van der Waals surface area contributed by atoms with Crippen LogP contribution in [0.2, 0.25) is 0 Å². The van der Waals surface area contributed by atoms with Gasteiger partial charge in [-0.25, -0.2) is 0 Å². The highest BCUT2D eigenvalue weighted by molar-refractivity contribution is 5.79. The molecule has 0 aliphatic carbocycles. The van der Waals surface area contributed by atoms with Crippen molar-refractivity contribution in [2.24, 2.45) is 5.10 Å². The first kappa shape index (κ1) is 18.2. The monoisotopic (exact) mass is 375 g/mol. The average Bonchev–Trinajstić information content (AvgIpc) is 3.10. The van der Waals surface area contributed by atoms with E-state index < -0.39 is 16.7 Å². The van der Waals surface area contributed by atoms with E-state index in [9.17, 15) is 23.3 Å². The van der Waals surface area contributed by atoms with Crippen molar-refractivity contribution in [3.63, 3.8) is 0 Å². The molecule has 3 aromatic rings. The number of benzene rings is 2. The Bertz CT molecular complexity index is 979. The van der Waals surface area contributed by atoms with E-state index in [2.05, 4.69) is 10.5 Å². The minimum absolute atomic E-state index is 0.0850. The number of nitrogens with one attached hydrogen (secondary N) is 1. The van der Waals surface area contributed by atoms with E-state index >= 15 is 0 Å². The molecule has 0 aliphatic rings. The summed E-state index contributed by atoms with van der Waals surface area (Å²) in [7, 11) is 0. The summed E-state index contributed by atoms with van der Waals surface area (Å²) in [4.78, 5) is 10.6. The minimum atomic E-state index is -4.40. The zero-order valence-electron chi connectivity index (χ0n) is 13.6. The molecule has 27 heavy (non-hydrogen) atoms. The maximum absolute atomic E-state index is 12.5. The van der Waals surface area contributed by atoms with Crippen molar-refractivity contribution in [3.8, 4) is 11.3 Å². The van der Waals surface area contributed by atoms with Crippen LogP contribution in [0, 0.1) is 10.1 Å². The van der Waals surface area contributed by atoms with Gasteiger partial charge in [-0.2, -0.15) is 18.3 Å². The molecule has 0 saturated carbocycles. The molecule has 0 fully saturated rings. The first-order valence-electron chi connectivity index (χ1n) is 7.64. The number of hydrazone groups is 1. The second-order valence-corrected chi connectivity index (χ2v) is 5.42. The first-order valence-corrected chi connectivity index (χ1v) is 7.64. The van der Waals surface area contributed by atoms with Crippen LogP contribution in [0.15, 0.2) is 70.2 Å². The number of nitro groups is 1. The summed E-state index contributed by atoms with van der Waals surface area (Å²) >= 11 is 0. The number of hydrogen-bond donors (Lipinski definition) is 1. The molecule has 9 heteroatoms. The first-order chi connectivity index (χ1) is 12.8. The number of anilines is 1. The van der Waals surface area contributed by atoms with Gasteiger partial charge in [-0.1, -0.05) is 12.1 Å². The maximum atomic E-state index is 12.5. The fraction of sp³-hybridized carbons (Fsp3) is 0.0556. The van der Waals surface area contributed by atoms with Crippen molar-refractivity contribution in [3.05, 3.63) is 82.1 Å². The summed E-state index contributed by atoms with van der Waals surface area (Å²) in [6.07, 6.45) is -3.08. The predicted octanol–water partition coefficient (Wildman–Crippen LogP) is 5.32. The largest absolute Gasteiger partial charge is 0.455 e. The molecule has 0 spiro atoms. The third-order valence-electron chi connectivity index (χ3n) is 3.59. The zero-order chi connectivity index (χ0) is 19.4. The third kappa shape index (κ3) is 4.32. The van der Waals surface area contributed by atoms with E-state index in [0.29, 0.717) is 22.8 Å². The van der Waals surface area contributed by atoms with Crippen LogP contribution in [0.5, 0.6) is 0 Å². The van der Waals surface area contributed by atoms with Crippen LogP contribution in [0.1, 0.15) is 11.3 Å². The lowest BCUT2D eigenvalue weighted by atomic mass is 10.1. The Morgan fingerprint density at radius 3 is 2.41 bits per heavy atom. The number of alkyl halides is 3. The molecule has 1 heterocycles. The summed E-state index contributed by atoms with van der Waals surface area (Å²) in [6, 6.07) is 13.7. The molecule has 2 aromatic carbocycles. The lowest BCUT2D eigenvalue weighted by Crippen LogP contribution is -2.04. The van der Waals surface area contributed by atoms with E-state index in [1.165, 1.54) is 24.4 Å². The number of nitrogens with zero attached hydrogens (tertiary/aromatic N) is 2. The Hall–Kier alpha value is -3.62. The molecule has 0 bridgehead atoms. The van der Waals surface area contributed by atoms with Crippen LogP contribution in [-0.4, -0.2) is 11.1 Å². The highest BCUT2D eigenvalue weighted by Crippen LogP contribution is 2.31. The van der Waals surface area contributed by atoms with Gasteiger partial charge in [0.15, 0.2) is 0 Å². The fourth-order valence-electron chi connectivity index (χ4n) is 2.31. The number of furan rings is 1. The quantitative estimate of drug-likeness (QED) is 0.372. The number of rotatable bonds is 5. The molecule has 0 saturated heterocycles. The topological polar surface area (TPSA) is 80.7 Å². The molecule has 0 unspecified atom stereocenters. The van der Waals surface area contributed by atoms with E-state index in [1.807, 2.05) is 0 Å². The van der Waals surface area contributed by atoms with Crippen LogP contribution in [-0.2, 0) is 6.18 Å². The summed E-state index contributed by atoms with van der Waals surface area (Å²) in [5.41, 5.74) is 2.44. The predicted molar refractivity (Wildman–Crippen MR) is 93.5 cm³/mol. The van der Waals surface area contributed by atoms with E-state index in [0.717, 1.165) is 12.1 Å². The highest BCUT2D eigenvalue weighted by Gasteiger charge is 2.29. The van der Waals surface area contributed by atoms with Gasteiger partial charge in [0.05, 0.1) is 28.0 Å². The van der Waals surface area contributed by atoms with Crippen molar-refractivity contribution >= 4 is 17.6 Å². The summed E-state index contributed by atoms with van der Waals surface area (Å²) in [6.45, 7) is 0. The molecule has 6 nitrogen and oxygen atoms in total. The molecular weight excluding hydrogens is 363 g/mol. The molecule has 1 aromatic heterocycles. The molecule has 3 rings (SSSR count). The van der Waals surface area contributed by atoms with Crippen LogP contribution in [0.4, 0.5) is 24.5 Å². The number of halogens is 3. The molecular formula is C18H12F3N3O3. The highest BCUT2D eigenvalue weighted by atomic mass is 19.4. The van der Waals surface area contributed by atoms with Crippen LogP contribution >= 0.6 is 0 Å². The number of hydrogen-bond acceptors (Lipinski definition) is 5. The maximum Gasteiger partial charge on any atom is 0.416 e. The van der Waals surface area contributed by atoms with Crippen molar-refractivity contribution in [2.45, 2.75) is 6.18 Å². The molecule has 0 aliphatic heterocycles. The average molecular weight is 375 g/mol. The SMILES string of the molecule is O=[N+]([O-])c1ccccc1-c1ccc(/C=N\Nc2ccc(C(F)(F)F)cc2)o1. The van der Waals surface area contributed by atoms with E-state index in [4.69, 9.17) is 4.42 Å². The number of para-hydroxylation sites is 1. The normalized spacial score (nSPS) is 11.7. The molecule has 138 valence electrons. The molecule has 0 atom stereocenters. The van der Waals surface area contributed by atoms with Gasteiger partial charge in [-0.05, 0) is 42.5 Å². The Morgan fingerprint density at radius 1 is 1.04 bits per heavy atom. The third-order valence-corrected chi connectivity index (χ3v) is 3.59. The smallest absolute Gasteiger partial charge is 0.416 e. The lowest BCUT2D eigenvalue weighted by Gasteiger charge is -2.06. The van der Waals surface area contributed by atoms with Crippen molar-refractivity contribution in [1.82, 2.24) is 0 Å². The second-order valence-electron chi connectivity index (χ2n) is 5.42. The Labute approximate surface area is 151 Å². The minimum Gasteiger partial charge on any atom is -0.455 e. The second kappa shape index (κ2) is 7.32. The summed E-state index contributed by atoms with van der Waals surface area (Å²) in [5, 5.41) is 15.0. The van der Waals surface area contributed by atoms with Gasteiger partial charge in [-0.15, -0.1) is 0 Å². The van der Waals surface area contributed by atoms with Gasteiger partial charge in [-0.3, -0.25) is 15.5 Å². The Kier molecular flexibility index (Phi) is 4.93.